The lowest BCUT2D eigenvalue weighted by molar-refractivity contribution is 0.331. The van der Waals surface area contributed by atoms with Crippen molar-refractivity contribution in [1.82, 2.24) is 0 Å². The van der Waals surface area contributed by atoms with E-state index in [9.17, 15) is 0 Å². The summed E-state index contributed by atoms with van der Waals surface area (Å²) in [5, 5.41) is 2.74. The second-order valence-electron chi connectivity index (χ2n) is 26.5. The molecule has 3 heterocycles. The monoisotopic (exact) mass is 947 g/mol. The third kappa shape index (κ3) is 6.51. The van der Waals surface area contributed by atoms with Crippen LogP contribution in [0.1, 0.15) is 161 Å². The minimum absolute atomic E-state index is 0.0263. The topological polar surface area (TPSA) is 6.48 Å². The first kappa shape index (κ1) is 45.3. The van der Waals surface area contributed by atoms with E-state index in [2.05, 4.69) is 221 Å². The molecule has 4 heteroatoms. The van der Waals surface area contributed by atoms with Gasteiger partial charge in [0.25, 0.3) is 0 Å². The van der Waals surface area contributed by atoms with Gasteiger partial charge in [-0.05, 0) is 193 Å². The van der Waals surface area contributed by atoms with Crippen LogP contribution in [0.15, 0.2) is 121 Å². The highest BCUT2D eigenvalue weighted by Gasteiger charge is 2.51. The highest BCUT2D eigenvalue weighted by molar-refractivity contribution is 7.26. The molecular formula is C67H71BN2S. The van der Waals surface area contributed by atoms with E-state index in [4.69, 9.17) is 0 Å². The molecule has 0 amide bonds. The molecule has 358 valence electrons. The van der Waals surface area contributed by atoms with E-state index in [1.807, 2.05) is 11.3 Å². The molecule has 2 aliphatic heterocycles. The zero-order chi connectivity index (χ0) is 49.5. The van der Waals surface area contributed by atoms with E-state index in [1.165, 1.54) is 159 Å². The minimum Gasteiger partial charge on any atom is -0.376 e. The summed E-state index contributed by atoms with van der Waals surface area (Å²) >= 11 is 1.98. The Hall–Kier alpha value is -5.58. The van der Waals surface area contributed by atoms with E-state index >= 15 is 0 Å². The first-order valence-corrected chi connectivity index (χ1v) is 27.7. The number of hydrogen-bond donors (Lipinski definition) is 0. The van der Waals surface area contributed by atoms with Crippen molar-refractivity contribution in [3.8, 4) is 22.3 Å². The van der Waals surface area contributed by atoms with Crippen molar-refractivity contribution in [1.29, 1.82) is 0 Å². The maximum absolute atomic E-state index is 2.82. The smallest absolute Gasteiger partial charge is 0.333 e. The summed E-state index contributed by atoms with van der Waals surface area (Å²) in [6.07, 6.45) is 7.06. The zero-order valence-corrected chi connectivity index (χ0v) is 45.5. The Bertz CT molecular complexity index is 3560. The Morgan fingerprint density at radius 2 is 0.915 bits per heavy atom. The third-order valence-electron chi connectivity index (χ3n) is 19.2. The van der Waals surface area contributed by atoms with E-state index in [0.29, 0.717) is 0 Å². The summed E-state index contributed by atoms with van der Waals surface area (Å²) < 4.78 is 2.72. The van der Waals surface area contributed by atoms with Gasteiger partial charge in [-0.3, -0.25) is 0 Å². The average Bonchev–Trinajstić information content (AvgIpc) is 3.72. The van der Waals surface area contributed by atoms with Gasteiger partial charge in [-0.15, -0.1) is 11.3 Å². The van der Waals surface area contributed by atoms with Crippen LogP contribution in [0.5, 0.6) is 0 Å². The van der Waals surface area contributed by atoms with Crippen molar-refractivity contribution in [2.75, 3.05) is 9.71 Å². The average molecular weight is 947 g/mol. The maximum atomic E-state index is 2.82. The Balaban J connectivity index is 1.22. The number of anilines is 5. The van der Waals surface area contributed by atoms with Crippen LogP contribution in [0, 0.1) is 6.92 Å². The highest BCUT2D eigenvalue weighted by atomic mass is 32.1. The van der Waals surface area contributed by atoms with Gasteiger partial charge in [0.15, 0.2) is 0 Å². The van der Waals surface area contributed by atoms with E-state index < -0.39 is 0 Å². The molecule has 0 bridgehead atoms. The van der Waals surface area contributed by atoms with Crippen LogP contribution in [0.3, 0.4) is 0 Å². The number of benzene rings is 7. The lowest BCUT2D eigenvalue weighted by atomic mass is 9.42. The Morgan fingerprint density at radius 1 is 0.437 bits per heavy atom. The molecule has 3 aliphatic carbocycles. The molecule has 5 aliphatic rings. The lowest BCUT2D eigenvalue weighted by Crippen LogP contribution is -2.62. The van der Waals surface area contributed by atoms with Crippen molar-refractivity contribution in [2.45, 2.75) is 161 Å². The molecule has 0 saturated carbocycles. The molecule has 0 spiro atoms. The highest BCUT2D eigenvalue weighted by Crippen LogP contribution is 2.58. The Kier molecular flexibility index (Phi) is 9.43. The van der Waals surface area contributed by atoms with Crippen molar-refractivity contribution in [3.05, 3.63) is 160 Å². The number of hydrogen-bond acceptors (Lipinski definition) is 3. The van der Waals surface area contributed by atoms with Gasteiger partial charge < -0.3 is 9.71 Å². The predicted molar refractivity (Wildman–Crippen MR) is 309 cm³/mol. The van der Waals surface area contributed by atoms with Gasteiger partial charge in [0.1, 0.15) is 0 Å². The van der Waals surface area contributed by atoms with Gasteiger partial charge in [-0.25, -0.2) is 0 Å². The first-order chi connectivity index (χ1) is 33.6. The first-order valence-electron chi connectivity index (χ1n) is 26.8. The number of thiophene rings is 1. The summed E-state index contributed by atoms with van der Waals surface area (Å²) in [6.45, 7) is 32.3. The van der Waals surface area contributed by atoms with Gasteiger partial charge in [-0.1, -0.05) is 156 Å². The van der Waals surface area contributed by atoms with Crippen LogP contribution in [-0.4, -0.2) is 6.85 Å². The molecule has 1 aromatic heterocycles. The van der Waals surface area contributed by atoms with Crippen LogP contribution >= 0.6 is 11.3 Å². The second kappa shape index (κ2) is 14.8. The van der Waals surface area contributed by atoms with Crippen LogP contribution in [0.25, 0.3) is 42.4 Å². The minimum atomic E-state index is -0.0819. The molecule has 0 N–H and O–H groups in total. The van der Waals surface area contributed by atoms with Crippen molar-refractivity contribution in [2.24, 2.45) is 0 Å². The summed E-state index contributed by atoms with van der Waals surface area (Å²) in [6, 6.07) is 48.5. The molecule has 0 atom stereocenters. The van der Waals surface area contributed by atoms with Crippen LogP contribution in [0.2, 0.25) is 0 Å². The van der Waals surface area contributed by atoms with Gasteiger partial charge in [0.05, 0.1) is 5.69 Å². The van der Waals surface area contributed by atoms with Crippen LogP contribution < -0.4 is 20.6 Å². The fourth-order valence-corrected chi connectivity index (χ4v) is 15.4. The Morgan fingerprint density at radius 3 is 1.51 bits per heavy atom. The summed E-state index contributed by atoms with van der Waals surface area (Å²) in [4.78, 5) is 5.63. The zero-order valence-electron chi connectivity index (χ0n) is 44.7. The fraction of sp³-hybridized carbons (Fsp3) is 0.373. The van der Waals surface area contributed by atoms with Gasteiger partial charge >= 0.3 is 6.85 Å². The van der Waals surface area contributed by atoms with Crippen molar-refractivity contribution in [3.63, 3.8) is 0 Å². The predicted octanol–water partition coefficient (Wildman–Crippen LogP) is 17.8. The summed E-state index contributed by atoms with van der Waals surface area (Å²) in [5.41, 5.74) is 25.4. The van der Waals surface area contributed by atoms with Gasteiger partial charge in [0.2, 0.25) is 0 Å². The van der Waals surface area contributed by atoms with Crippen LogP contribution in [0.4, 0.5) is 28.4 Å². The molecule has 8 aromatic rings. The maximum Gasteiger partial charge on any atom is 0.333 e. The molecule has 0 saturated heterocycles. The fourth-order valence-electron chi connectivity index (χ4n) is 14.3. The number of aryl methyl sites for hydroxylation is 1. The summed E-state index contributed by atoms with van der Waals surface area (Å²) in [7, 11) is 0. The molecule has 0 unspecified atom stereocenters. The summed E-state index contributed by atoms with van der Waals surface area (Å²) in [5.74, 6) is 0. The standard InChI is InChI=1S/C67H71BN2S/c1-40-33-47-50(65(8,9)30-27-62(47,2)3)37-54(40)69-56-39-52-49(64(6,7)29-32-67(52,12)13)36-53(56)68-60-46(35-58-59(61(60)69)44-21-17-18-22-57(44)71-58)45-34-48-51(66(10,11)31-28-63(48,4)5)38-55(45)70(68)43-25-23-42(24-26-43)41-19-15-14-16-20-41/h14-26,33-39H,27-32H2,1-13H3. The molecule has 2 nitrogen and oxygen atoms in total. The van der Waals surface area contributed by atoms with Gasteiger partial charge in [-0.2, -0.15) is 0 Å². The number of rotatable bonds is 3. The molecule has 13 rings (SSSR count). The SMILES string of the molecule is Cc1cc2c(cc1N1c3cc4c(cc3B3c5c(cc6sc7ccccc7c6c51)-c1cc5c(cc1N3c1ccc(-c3ccccc3)cc1)C(C)(C)CCC5(C)C)C(C)(C)CCC4(C)C)C(C)(C)CCC2(C)C. The van der Waals surface area contributed by atoms with Gasteiger partial charge in [0, 0.05) is 48.5 Å². The van der Waals surface area contributed by atoms with E-state index in [0.717, 1.165) is 0 Å². The molecule has 7 aromatic carbocycles. The third-order valence-corrected chi connectivity index (χ3v) is 20.3. The largest absolute Gasteiger partial charge is 0.376 e. The normalized spacial score (nSPS) is 20.2. The lowest BCUT2D eigenvalue weighted by Gasteiger charge is -2.50. The second-order valence-corrected chi connectivity index (χ2v) is 27.6. The quantitative estimate of drug-likeness (QED) is 0.163. The molecule has 0 fully saturated rings. The molecule has 0 radical (unpaired) electrons. The Labute approximate surface area is 428 Å². The van der Waals surface area contributed by atoms with Crippen molar-refractivity contribution < 1.29 is 0 Å². The van der Waals surface area contributed by atoms with Crippen molar-refractivity contribution >= 4 is 77.7 Å². The molecule has 71 heavy (non-hydrogen) atoms. The van der Waals surface area contributed by atoms with Crippen LogP contribution in [-0.2, 0) is 32.5 Å². The number of fused-ring (bicyclic) bond motifs is 11. The molecular weight excluding hydrogens is 876 g/mol. The van der Waals surface area contributed by atoms with E-state index in [1.54, 1.807) is 0 Å². The van der Waals surface area contributed by atoms with E-state index in [-0.39, 0.29) is 39.3 Å². The number of nitrogens with zero attached hydrogens (tertiary/aromatic N) is 2.